The third kappa shape index (κ3) is 4.66. The number of rotatable bonds is 6. The molecule has 0 heterocycles. The van der Waals surface area contributed by atoms with E-state index in [1.807, 2.05) is 25.3 Å². The van der Waals surface area contributed by atoms with Gasteiger partial charge in [0, 0.05) is 17.8 Å². The van der Waals surface area contributed by atoms with Gasteiger partial charge in [-0.3, -0.25) is 4.99 Å². The molecular formula is C12H21N. The molecule has 13 heavy (non-hydrogen) atoms. The van der Waals surface area contributed by atoms with Crippen LogP contribution in [0.3, 0.4) is 0 Å². The summed E-state index contributed by atoms with van der Waals surface area (Å²) < 4.78 is 0. The van der Waals surface area contributed by atoms with E-state index >= 15 is 0 Å². The highest BCUT2D eigenvalue weighted by atomic mass is 14.7. The number of allylic oxidation sites excluding steroid dienone is 2. The monoisotopic (exact) mass is 179 g/mol. The third-order valence-electron chi connectivity index (χ3n) is 2.06. The van der Waals surface area contributed by atoms with Crippen LogP contribution in [-0.4, -0.2) is 5.71 Å². The van der Waals surface area contributed by atoms with Crippen molar-refractivity contribution in [3.05, 3.63) is 24.9 Å². The van der Waals surface area contributed by atoms with Crippen LogP contribution < -0.4 is 0 Å². The lowest BCUT2D eigenvalue weighted by molar-refractivity contribution is 0.712. The first-order valence-corrected chi connectivity index (χ1v) is 5.10. The molecule has 1 nitrogen and oxygen atoms in total. The molecule has 0 aliphatic rings. The van der Waals surface area contributed by atoms with Crippen molar-refractivity contribution >= 4 is 5.71 Å². The molecule has 0 amide bonds. The Morgan fingerprint density at radius 1 is 1.46 bits per heavy atom. The molecule has 0 unspecified atom stereocenters. The lowest BCUT2D eigenvalue weighted by atomic mass is 9.96. The Labute approximate surface area is 82.3 Å². The number of hydrogen-bond donors (Lipinski definition) is 0. The molecule has 1 atom stereocenters. The van der Waals surface area contributed by atoms with Gasteiger partial charge in [-0.1, -0.05) is 32.4 Å². The van der Waals surface area contributed by atoms with Gasteiger partial charge in [-0.2, -0.15) is 0 Å². The van der Waals surface area contributed by atoms with Gasteiger partial charge in [-0.25, -0.2) is 0 Å². The van der Waals surface area contributed by atoms with E-state index in [0.29, 0.717) is 5.92 Å². The summed E-state index contributed by atoms with van der Waals surface area (Å²) in [7, 11) is 0. The Kier molecular flexibility index (Phi) is 7.27. The van der Waals surface area contributed by atoms with Gasteiger partial charge in [0.1, 0.15) is 0 Å². The third-order valence-corrected chi connectivity index (χ3v) is 2.06. The first kappa shape index (κ1) is 12.2. The predicted octanol–water partition coefficient (Wildman–Crippen LogP) is 3.97. The maximum Gasteiger partial charge on any atom is 0.0244 e. The van der Waals surface area contributed by atoms with Crippen molar-refractivity contribution in [3.8, 4) is 0 Å². The highest BCUT2D eigenvalue weighted by Gasteiger charge is 2.08. The van der Waals surface area contributed by atoms with Gasteiger partial charge in [-0.05, 0) is 19.8 Å². The fraction of sp³-hybridized carbons (Fsp3) is 0.583. The topological polar surface area (TPSA) is 12.4 Å². The normalized spacial score (nSPS) is 14.8. The Morgan fingerprint density at radius 3 is 2.54 bits per heavy atom. The quantitative estimate of drug-likeness (QED) is 0.432. The summed E-state index contributed by atoms with van der Waals surface area (Å²) in [5.41, 5.74) is 1.25. The molecule has 0 aromatic carbocycles. The minimum absolute atomic E-state index is 0.464. The average Bonchev–Trinajstić information content (AvgIpc) is 2.17. The van der Waals surface area contributed by atoms with Crippen LogP contribution in [0.15, 0.2) is 29.9 Å². The minimum Gasteiger partial charge on any atom is -0.265 e. The second-order valence-corrected chi connectivity index (χ2v) is 3.09. The number of hydrogen-bond acceptors (Lipinski definition) is 1. The molecule has 0 aliphatic carbocycles. The highest BCUT2D eigenvalue weighted by Crippen LogP contribution is 2.12. The van der Waals surface area contributed by atoms with Crippen molar-refractivity contribution < 1.29 is 0 Å². The van der Waals surface area contributed by atoms with Crippen molar-refractivity contribution in [2.24, 2.45) is 10.9 Å². The number of aliphatic imine (C=N–C) groups is 1. The summed E-state index contributed by atoms with van der Waals surface area (Å²) in [4.78, 5) is 4.42. The molecule has 0 fully saturated rings. The zero-order chi connectivity index (χ0) is 10.1. The Morgan fingerprint density at radius 2 is 2.15 bits per heavy atom. The maximum atomic E-state index is 4.42. The molecule has 0 N–H and O–H groups in total. The zero-order valence-electron chi connectivity index (χ0n) is 9.09. The molecule has 0 aromatic rings. The second-order valence-electron chi connectivity index (χ2n) is 3.09. The van der Waals surface area contributed by atoms with Gasteiger partial charge in [-0.15, -0.1) is 6.58 Å². The van der Waals surface area contributed by atoms with Crippen LogP contribution in [0.1, 0.15) is 40.0 Å². The van der Waals surface area contributed by atoms with Gasteiger partial charge >= 0.3 is 0 Å². The Balaban J connectivity index is 4.41. The largest absolute Gasteiger partial charge is 0.265 e. The zero-order valence-corrected chi connectivity index (χ0v) is 9.09. The molecule has 1 heteroatoms. The van der Waals surface area contributed by atoms with Gasteiger partial charge in [0.2, 0.25) is 0 Å². The number of nitrogens with zero attached hydrogens (tertiary/aromatic N) is 1. The Hall–Kier alpha value is -0.850. The van der Waals surface area contributed by atoms with Crippen LogP contribution in [-0.2, 0) is 0 Å². The van der Waals surface area contributed by atoms with E-state index in [4.69, 9.17) is 0 Å². The lowest BCUT2D eigenvalue weighted by Gasteiger charge is -2.12. The van der Waals surface area contributed by atoms with Crippen LogP contribution in [0.2, 0.25) is 0 Å². The summed E-state index contributed by atoms with van der Waals surface area (Å²) in [6.45, 7) is 10.2. The standard InChI is InChI=1S/C12H21N/c1-5-9-11(7-3)12(8-4)13-10-6-2/h6-7,10-11H,3,5,8-9H2,1-2,4H3/b10-6-,13-12?/t11-/m0/s1. The summed E-state index contributed by atoms with van der Waals surface area (Å²) in [6.07, 6.45) is 9.20. The molecule has 0 rings (SSSR count). The van der Waals surface area contributed by atoms with Crippen molar-refractivity contribution in [2.45, 2.75) is 40.0 Å². The van der Waals surface area contributed by atoms with Crippen molar-refractivity contribution in [1.29, 1.82) is 0 Å². The summed E-state index contributed by atoms with van der Waals surface area (Å²) in [6, 6.07) is 0. The van der Waals surface area contributed by atoms with E-state index in [1.165, 1.54) is 12.1 Å². The fourth-order valence-corrected chi connectivity index (χ4v) is 1.35. The van der Waals surface area contributed by atoms with Crippen molar-refractivity contribution in [3.63, 3.8) is 0 Å². The summed E-state index contributed by atoms with van der Waals surface area (Å²) in [5, 5.41) is 0. The predicted molar refractivity (Wildman–Crippen MR) is 61.1 cm³/mol. The molecule has 0 radical (unpaired) electrons. The van der Waals surface area contributed by atoms with Crippen LogP contribution in [0.4, 0.5) is 0 Å². The summed E-state index contributed by atoms with van der Waals surface area (Å²) >= 11 is 0. The molecule has 0 aromatic heterocycles. The van der Waals surface area contributed by atoms with E-state index < -0.39 is 0 Å². The van der Waals surface area contributed by atoms with Gasteiger partial charge < -0.3 is 0 Å². The van der Waals surface area contributed by atoms with E-state index in [1.54, 1.807) is 0 Å². The smallest absolute Gasteiger partial charge is 0.0244 e. The van der Waals surface area contributed by atoms with Crippen LogP contribution >= 0.6 is 0 Å². The SMILES string of the molecule is C=C[C@@H](CCC)C(CC)=N/C=C\C. The first-order chi connectivity index (χ1) is 6.29. The van der Waals surface area contributed by atoms with Crippen molar-refractivity contribution in [1.82, 2.24) is 0 Å². The van der Waals surface area contributed by atoms with E-state index in [-0.39, 0.29) is 0 Å². The van der Waals surface area contributed by atoms with E-state index in [9.17, 15) is 0 Å². The van der Waals surface area contributed by atoms with Crippen LogP contribution in [0.5, 0.6) is 0 Å². The molecule has 0 aliphatic heterocycles. The average molecular weight is 179 g/mol. The molecule has 0 bridgehead atoms. The minimum atomic E-state index is 0.464. The van der Waals surface area contributed by atoms with Crippen molar-refractivity contribution in [2.75, 3.05) is 0 Å². The van der Waals surface area contributed by atoms with E-state index in [0.717, 1.165) is 12.8 Å². The molecule has 0 saturated carbocycles. The molecule has 74 valence electrons. The second kappa shape index (κ2) is 7.78. The Bertz CT molecular complexity index is 189. The van der Waals surface area contributed by atoms with E-state index in [2.05, 4.69) is 25.4 Å². The van der Waals surface area contributed by atoms with Crippen LogP contribution in [0, 0.1) is 5.92 Å². The molecular weight excluding hydrogens is 158 g/mol. The van der Waals surface area contributed by atoms with Gasteiger partial charge in [0.15, 0.2) is 0 Å². The lowest BCUT2D eigenvalue weighted by Crippen LogP contribution is -2.10. The van der Waals surface area contributed by atoms with Gasteiger partial charge in [0.25, 0.3) is 0 Å². The molecule has 0 saturated heterocycles. The molecule has 0 spiro atoms. The first-order valence-electron chi connectivity index (χ1n) is 5.10. The fourth-order valence-electron chi connectivity index (χ4n) is 1.35. The van der Waals surface area contributed by atoms with Gasteiger partial charge in [0.05, 0.1) is 0 Å². The van der Waals surface area contributed by atoms with Crippen LogP contribution in [0.25, 0.3) is 0 Å². The maximum absolute atomic E-state index is 4.42. The summed E-state index contributed by atoms with van der Waals surface area (Å²) in [5.74, 6) is 0.464. The highest BCUT2D eigenvalue weighted by molar-refractivity contribution is 5.88.